The number of aromatic nitrogens is 2. The molecule has 31 heavy (non-hydrogen) atoms. The number of nitrogens with one attached hydrogen (secondary N) is 1. The lowest BCUT2D eigenvalue weighted by Gasteiger charge is -2.35. The summed E-state index contributed by atoms with van der Waals surface area (Å²) in [6.45, 7) is 2.61. The van der Waals surface area contributed by atoms with Gasteiger partial charge in [-0.05, 0) is 43.4 Å². The summed E-state index contributed by atoms with van der Waals surface area (Å²) in [4.78, 5) is 20.4. The predicted molar refractivity (Wildman–Crippen MR) is 120 cm³/mol. The van der Waals surface area contributed by atoms with Gasteiger partial charge in [0.15, 0.2) is 0 Å². The summed E-state index contributed by atoms with van der Waals surface area (Å²) >= 11 is 1.56. The molecule has 2 aromatic heterocycles. The number of hydrogen-bond acceptors (Lipinski definition) is 7. The maximum atomic E-state index is 12.6. The molecule has 1 aromatic carbocycles. The zero-order valence-corrected chi connectivity index (χ0v) is 18.6. The Labute approximate surface area is 186 Å². The van der Waals surface area contributed by atoms with Crippen LogP contribution in [0.15, 0.2) is 46.3 Å². The molecule has 0 bridgehead atoms. The number of aryl methyl sites for hydroxylation is 1. The van der Waals surface area contributed by atoms with Gasteiger partial charge in [-0.2, -0.15) is 4.98 Å². The summed E-state index contributed by atoms with van der Waals surface area (Å²) < 4.78 is 10.9. The SMILES string of the molecule is COc1ccccc1C(CNC(=O)CCc1nc(-c2cccs2)no1)N1CCCCC1. The van der Waals surface area contributed by atoms with Gasteiger partial charge < -0.3 is 14.6 Å². The number of nitrogens with zero attached hydrogens (tertiary/aromatic N) is 3. The van der Waals surface area contributed by atoms with Crippen molar-refractivity contribution < 1.29 is 14.1 Å². The number of methoxy groups -OCH3 is 1. The van der Waals surface area contributed by atoms with Crippen LogP contribution in [0.25, 0.3) is 10.7 Å². The highest BCUT2D eigenvalue weighted by atomic mass is 32.1. The van der Waals surface area contributed by atoms with E-state index < -0.39 is 0 Å². The lowest BCUT2D eigenvalue weighted by atomic mass is 10.0. The number of piperidine rings is 1. The van der Waals surface area contributed by atoms with Gasteiger partial charge in [-0.15, -0.1) is 11.3 Å². The van der Waals surface area contributed by atoms with Crippen molar-refractivity contribution in [3.63, 3.8) is 0 Å². The third kappa shape index (κ3) is 5.51. The third-order valence-electron chi connectivity index (χ3n) is 5.60. The largest absolute Gasteiger partial charge is 0.496 e. The van der Waals surface area contributed by atoms with E-state index in [1.165, 1.54) is 19.3 Å². The Hall–Kier alpha value is -2.71. The molecular formula is C23H28N4O3S. The van der Waals surface area contributed by atoms with Crippen molar-refractivity contribution >= 4 is 17.2 Å². The van der Waals surface area contributed by atoms with Crippen molar-refractivity contribution in [3.05, 3.63) is 53.2 Å². The quantitative estimate of drug-likeness (QED) is 0.540. The molecule has 0 saturated carbocycles. The molecule has 0 radical (unpaired) electrons. The molecule has 1 N–H and O–H groups in total. The number of thiophene rings is 1. The summed E-state index contributed by atoms with van der Waals surface area (Å²) in [6, 6.07) is 12.1. The van der Waals surface area contributed by atoms with E-state index in [2.05, 4.69) is 26.4 Å². The zero-order chi connectivity index (χ0) is 21.5. The molecule has 3 aromatic rings. The number of amides is 1. The minimum atomic E-state index is -0.0206. The maximum absolute atomic E-state index is 12.6. The van der Waals surface area contributed by atoms with E-state index in [4.69, 9.17) is 9.26 Å². The minimum absolute atomic E-state index is 0.0206. The summed E-state index contributed by atoms with van der Waals surface area (Å²) in [5, 5.41) is 9.08. The van der Waals surface area contributed by atoms with Crippen LogP contribution in [0.3, 0.4) is 0 Å². The van der Waals surface area contributed by atoms with E-state index in [-0.39, 0.29) is 11.9 Å². The van der Waals surface area contributed by atoms with E-state index in [0.717, 1.165) is 29.3 Å². The second-order valence-corrected chi connectivity index (χ2v) is 8.60. The summed E-state index contributed by atoms with van der Waals surface area (Å²) in [5.74, 6) is 1.90. The smallest absolute Gasteiger partial charge is 0.227 e. The van der Waals surface area contributed by atoms with Crippen molar-refractivity contribution in [2.45, 2.75) is 38.1 Å². The number of likely N-dealkylation sites (tertiary alicyclic amines) is 1. The highest BCUT2D eigenvalue weighted by Gasteiger charge is 2.25. The zero-order valence-electron chi connectivity index (χ0n) is 17.8. The number of para-hydroxylation sites is 1. The first-order valence-electron chi connectivity index (χ1n) is 10.7. The fourth-order valence-corrected chi connectivity index (χ4v) is 4.64. The molecule has 1 aliphatic rings. The van der Waals surface area contributed by atoms with Gasteiger partial charge in [-0.25, -0.2) is 0 Å². The Balaban J connectivity index is 1.36. The molecule has 7 nitrogen and oxygen atoms in total. The number of rotatable bonds is 9. The first-order chi connectivity index (χ1) is 15.2. The van der Waals surface area contributed by atoms with Gasteiger partial charge in [-0.1, -0.05) is 35.8 Å². The molecule has 0 aliphatic carbocycles. The second kappa shape index (κ2) is 10.5. The molecule has 1 atom stereocenters. The molecule has 0 spiro atoms. The molecule has 1 unspecified atom stereocenters. The maximum Gasteiger partial charge on any atom is 0.227 e. The fourth-order valence-electron chi connectivity index (χ4n) is 3.99. The number of ether oxygens (including phenoxy) is 1. The van der Waals surface area contributed by atoms with Gasteiger partial charge in [0.1, 0.15) is 5.75 Å². The Morgan fingerprint density at radius 1 is 1.23 bits per heavy atom. The standard InChI is InChI=1S/C23H28N4O3S/c1-29-19-9-4-3-8-17(19)18(27-13-5-2-6-14-27)16-24-21(28)11-12-22-25-23(26-30-22)20-10-7-15-31-20/h3-4,7-10,15,18H,2,5-6,11-14,16H2,1H3,(H,24,28). The lowest BCUT2D eigenvalue weighted by molar-refractivity contribution is -0.121. The van der Waals surface area contributed by atoms with Crippen molar-refractivity contribution in [1.82, 2.24) is 20.4 Å². The molecule has 164 valence electrons. The topological polar surface area (TPSA) is 80.5 Å². The average Bonchev–Trinajstić information content (AvgIpc) is 3.51. The van der Waals surface area contributed by atoms with E-state index in [1.807, 2.05) is 35.7 Å². The van der Waals surface area contributed by atoms with Gasteiger partial charge in [0.25, 0.3) is 0 Å². The van der Waals surface area contributed by atoms with Crippen LogP contribution in [0.2, 0.25) is 0 Å². The first kappa shape index (κ1) is 21.5. The molecule has 4 rings (SSSR count). The summed E-state index contributed by atoms with van der Waals surface area (Å²) in [7, 11) is 1.69. The molecule has 1 saturated heterocycles. The number of carbonyl (C=O) groups is 1. The van der Waals surface area contributed by atoms with E-state index in [9.17, 15) is 4.79 Å². The van der Waals surface area contributed by atoms with Crippen LogP contribution in [-0.2, 0) is 11.2 Å². The van der Waals surface area contributed by atoms with Crippen molar-refractivity contribution in [2.24, 2.45) is 0 Å². The van der Waals surface area contributed by atoms with Gasteiger partial charge in [-0.3, -0.25) is 9.69 Å². The van der Waals surface area contributed by atoms with Gasteiger partial charge >= 0.3 is 0 Å². The highest BCUT2D eigenvalue weighted by Crippen LogP contribution is 2.31. The monoisotopic (exact) mass is 440 g/mol. The molecule has 1 amide bonds. The third-order valence-corrected chi connectivity index (χ3v) is 6.46. The average molecular weight is 441 g/mol. The van der Waals surface area contributed by atoms with E-state index in [0.29, 0.717) is 31.1 Å². The molecule has 8 heteroatoms. The number of hydrogen-bond donors (Lipinski definition) is 1. The molecular weight excluding hydrogens is 412 g/mol. The van der Waals surface area contributed by atoms with Crippen molar-refractivity contribution in [3.8, 4) is 16.5 Å². The van der Waals surface area contributed by atoms with Crippen LogP contribution in [0, 0.1) is 0 Å². The Bertz CT molecular complexity index is 967. The van der Waals surface area contributed by atoms with Crippen molar-refractivity contribution in [2.75, 3.05) is 26.7 Å². The second-order valence-electron chi connectivity index (χ2n) is 7.65. The van der Waals surface area contributed by atoms with Crippen LogP contribution >= 0.6 is 11.3 Å². The lowest BCUT2D eigenvalue weighted by Crippen LogP contribution is -2.40. The molecule has 1 fully saturated rings. The fraction of sp³-hybridized carbons (Fsp3) is 0.435. The normalized spacial score (nSPS) is 15.5. The Morgan fingerprint density at radius 3 is 2.84 bits per heavy atom. The van der Waals surface area contributed by atoms with Gasteiger partial charge in [0, 0.05) is 24.9 Å². The highest BCUT2D eigenvalue weighted by molar-refractivity contribution is 7.13. The van der Waals surface area contributed by atoms with E-state index >= 15 is 0 Å². The number of carbonyl (C=O) groups excluding carboxylic acids is 1. The van der Waals surface area contributed by atoms with E-state index in [1.54, 1.807) is 18.4 Å². The first-order valence-corrected chi connectivity index (χ1v) is 11.6. The molecule has 1 aliphatic heterocycles. The Morgan fingerprint density at radius 2 is 2.06 bits per heavy atom. The van der Waals surface area contributed by atoms with Crippen molar-refractivity contribution in [1.29, 1.82) is 0 Å². The van der Waals surface area contributed by atoms with Crippen LogP contribution in [0.4, 0.5) is 0 Å². The van der Waals surface area contributed by atoms with Crippen LogP contribution in [-0.4, -0.2) is 47.7 Å². The van der Waals surface area contributed by atoms with Crippen LogP contribution in [0.1, 0.15) is 43.2 Å². The minimum Gasteiger partial charge on any atom is -0.496 e. The van der Waals surface area contributed by atoms with Crippen LogP contribution < -0.4 is 10.1 Å². The predicted octanol–water partition coefficient (Wildman–Crippen LogP) is 4.08. The van der Waals surface area contributed by atoms with Gasteiger partial charge in [0.2, 0.25) is 17.6 Å². The van der Waals surface area contributed by atoms with Gasteiger partial charge in [0.05, 0.1) is 18.0 Å². The van der Waals surface area contributed by atoms with Crippen LogP contribution in [0.5, 0.6) is 5.75 Å². The Kier molecular flexibility index (Phi) is 7.32. The summed E-state index contributed by atoms with van der Waals surface area (Å²) in [6.07, 6.45) is 4.36. The molecule has 3 heterocycles. The number of benzene rings is 1. The summed E-state index contributed by atoms with van der Waals surface area (Å²) in [5.41, 5.74) is 1.12.